The number of hydrogen-bond acceptors (Lipinski definition) is 3. The summed E-state index contributed by atoms with van der Waals surface area (Å²) < 4.78 is 0. The van der Waals surface area contributed by atoms with E-state index in [2.05, 4.69) is 26.1 Å². The molecule has 1 saturated heterocycles. The molecule has 0 aromatic heterocycles. The first kappa shape index (κ1) is 18.1. The van der Waals surface area contributed by atoms with Crippen LogP contribution in [0.4, 0.5) is 0 Å². The van der Waals surface area contributed by atoms with Gasteiger partial charge in [-0.25, -0.2) is 0 Å². The van der Waals surface area contributed by atoms with E-state index in [1.54, 1.807) is 4.90 Å². The van der Waals surface area contributed by atoms with Crippen LogP contribution in [0.1, 0.15) is 48.0 Å². The quantitative estimate of drug-likeness (QED) is 0.832. The fourth-order valence-electron chi connectivity index (χ4n) is 2.05. The Balaban J connectivity index is 0.00000154. The monoisotopic (exact) mass is 270 g/mol. The summed E-state index contributed by atoms with van der Waals surface area (Å²) in [5.41, 5.74) is 0. The first-order chi connectivity index (χ1) is 8.91. The Morgan fingerprint density at radius 3 is 2.42 bits per heavy atom. The van der Waals surface area contributed by atoms with Gasteiger partial charge in [0, 0.05) is 13.1 Å². The van der Waals surface area contributed by atoms with Gasteiger partial charge in [-0.05, 0) is 25.2 Å². The van der Waals surface area contributed by atoms with Gasteiger partial charge in [0.1, 0.15) is 5.78 Å². The standard InChI is InChI=1S/C13H24N2O2.C2H6/c1-9(2)10(3)7-12-13(17)15(6-5-14-12)8-11(4)16;1-2/h9-10,12,14H,5-8H2,1-4H3;1-2H3. The summed E-state index contributed by atoms with van der Waals surface area (Å²) in [5, 5.41) is 3.26. The Morgan fingerprint density at radius 1 is 1.37 bits per heavy atom. The van der Waals surface area contributed by atoms with Crippen LogP contribution in [0.3, 0.4) is 0 Å². The fraction of sp³-hybridized carbons (Fsp3) is 0.867. The van der Waals surface area contributed by atoms with Crippen molar-refractivity contribution in [3.63, 3.8) is 0 Å². The molecule has 1 heterocycles. The summed E-state index contributed by atoms with van der Waals surface area (Å²) in [5.74, 6) is 1.22. The summed E-state index contributed by atoms with van der Waals surface area (Å²) in [7, 11) is 0. The van der Waals surface area contributed by atoms with E-state index in [9.17, 15) is 9.59 Å². The molecular weight excluding hydrogens is 240 g/mol. The van der Waals surface area contributed by atoms with E-state index in [1.807, 2.05) is 13.8 Å². The minimum absolute atomic E-state index is 0.0518. The highest BCUT2D eigenvalue weighted by Gasteiger charge is 2.30. The van der Waals surface area contributed by atoms with Gasteiger partial charge in [-0.2, -0.15) is 0 Å². The third-order valence-electron chi connectivity index (χ3n) is 3.54. The maximum atomic E-state index is 12.1. The van der Waals surface area contributed by atoms with Crippen molar-refractivity contribution in [2.45, 2.75) is 54.0 Å². The summed E-state index contributed by atoms with van der Waals surface area (Å²) >= 11 is 0. The second-order valence-corrected chi connectivity index (χ2v) is 5.43. The van der Waals surface area contributed by atoms with Crippen LogP contribution in [0.15, 0.2) is 0 Å². The Morgan fingerprint density at radius 2 is 1.95 bits per heavy atom. The summed E-state index contributed by atoms with van der Waals surface area (Å²) in [6.07, 6.45) is 0.852. The van der Waals surface area contributed by atoms with Crippen LogP contribution in [-0.2, 0) is 9.59 Å². The number of hydrogen-bond donors (Lipinski definition) is 1. The summed E-state index contributed by atoms with van der Waals surface area (Å²) in [4.78, 5) is 24.9. The van der Waals surface area contributed by atoms with Gasteiger partial charge in [-0.3, -0.25) is 9.59 Å². The maximum Gasteiger partial charge on any atom is 0.240 e. The molecule has 1 rings (SSSR count). The average Bonchev–Trinajstić information content (AvgIpc) is 2.36. The number of nitrogens with zero attached hydrogens (tertiary/aromatic N) is 1. The molecule has 1 amide bonds. The second-order valence-electron chi connectivity index (χ2n) is 5.43. The van der Waals surface area contributed by atoms with Gasteiger partial charge in [0.25, 0.3) is 0 Å². The lowest BCUT2D eigenvalue weighted by Gasteiger charge is -2.34. The predicted octanol–water partition coefficient (Wildman–Crippen LogP) is 2.08. The van der Waals surface area contributed by atoms with E-state index in [1.165, 1.54) is 6.92 Å². The number of ketones is 1. The Kier molecular flexibility index (Phi) is 8.65. The van der Waals surface area contributed by atoms with Crippen molar-refractivity contribution in [1.82, 2.24) is 10.2 Å². The first-order valence-corrected chi connectivity index (χ1v) is 7.43. The van der Waals surface area contributed by atoms with E-state index in [0.717, 1.165) is 13.0 Å². The fourth-order valence-corrected chi connectivity index (χ4v) is 2.05. The maximum absolute atomic E-state index is 12.1. The Hall–Kier alpha value is -0.900. The first-order valence-electron chi connectivity index (χ1n) is 7.43. The molecule has 0 radical (unpaired) electrons. The van der Waals surface area contributed by atoms with Crippen molar-refractivity contribution in [2.24, 2.45) is 11.8 Å². The highest BCUT2D eigenvalue weighted by Crippen LogP contribution is 2.18. The van der Waals surface area contributed by atoms with Gasteiger partial charge in [-0.1, -0.05) is 34.6 Å². The molecule has 1 aliphatic heterocycles. The van der Waals surface area contributed by atoms with Crippen molar-refractivity contribution in [1.29, 1.82) is 0 Å². The number of nitrogens with one attached hydrogen (secondary N) is 1. The number of carbonyl (C=O) groups is 2. The normalized spacial score (nSPS) is 20.9. The average molecular weight is 270 g/mol. The van der Waals surface area contributed by atoms with Crippen molar-refractivity contribution in [3.05, 3.63) is 0 Å². The lowest BCUT2D eigenvalue weighted by atomic mass is 9.90. The van der Waals surface area contributed by atoms with Crippen LogP contribution in [0.2, 0.25) is 0 Å². The molecule has 0 spiro atoms. The van der Waals surface area contributed by atoms with Crippen LogP contribution in [-0.4, -0.2) is 42.3 Å². The van der Waals surface area contributed by atoms with Crippen molar-refractivity contribution < 1.29 is 9.59 Å². The molecule has 0 aromatic rings. The Labute approximate surface area is 117 Å². The highest BCUT2D eigenvalue weighted by atomic mass is 16.2. The predicted molar refractivity (Wildman–Crippen MR) is 79.0 cm³/mol. The molecule has 0 saturated carbocycles. The molecule has 0 aromatic carbocycles. The van der Waals surface area contributed by atoms with Crippen molar-refractivity contribution in [2.75, 3.05) is 19.6 Å². The smallest absolute Gasteiger partial charge is 0.240 e. The topological polar surface area (TPSA) is 49.4 Å². The minimum atomic E-state index is -0.111. The molecular formula is C15H30N2O2. The molecule has 2 unspecified atom stereocenters. The number of rotatable bonds is 5. The Bertz CT molecular complexity index is 290. The van der Waals surface area contributed by atoms with Gasteiger partial charge in [-0.15, -0.1) is 0 Å². The van der Waals surface area contributed by atoms with E-state index in [4.69, 9.17) is 0 Å². The molecule has 4 heteroatoms. The van der Waals surface area contributed by atoms with Crippen LogP contribution in [0.5, 0.6) is 0 Å². The molecule has 2 atom stereocenters. The molecule has 19 heavy (non-hydrogen) atoms. The SMILES string of the molecule is CC.CC(=O)CN1CCNC(CC(C)C(C)C)C1=O. The van der Waals surface area contributed by atoms with E-state index in [-0.39, 0.29) is 24.3 Å². The zero-order chi connectivity index (χ0) is 15.0. The number of Topliss-reactive ketones (excluding diaryl/α,β-unsaturated/α-hetero) is 1. The van der Waals surface area contributed by atoms with Crippen molar-refractivity contribution in [3.8, 4) is 0 Å². The van der Waals surface area contributed by atoms with Gasteiger partial charge in [0.05, 0.1) is 12.6 Å². The molecule has 1 aliphatic rings. The van der Waals surface area contributed by atoms with Gasteiger partial charge >= 0.3 is 0 Å². The van der Waals surface area contributed by atoms with Crippen molar-refractivity contribution >= 4 is 11.7 Å². The van der Waals surface area contributed by atoms with E-state index >= 15 is 0 Å². The molecule has 4 nitrogen and oxygen atoms in total. The van der Waals surface area contributed by atoms with Crippen LogP contribution >= 0.6 is 0 Å². The van der Waals surface area contributed by atoms with E-state index in [0.29, 0.717) is 18.4 Å². The highest BCUT2D eigenvalue weighted by molar-refractivity contribution is 5.88. The number of amides is 1. The molecule has 0 aliphatic carbocycles. The lowest BCUT2D eigenvalue weighted by Crippen LogP contribution is -2.56. The minimum Gasteiger partial charge on any atom is -0.333 e. The van der Waals surface area contributed by atoms with Crippen LogP contribution < -0.4 is 5.32 Å². The van der Waals surface area contributed by atoms with Gasteiger partial charge < -0.3 is 10.2 Å². The number of piperazine rings is 1. The van der Waals surface area contributed by atoms with Crippen LogP contribution in [0.25, 0.3) is 0 Å². The second kappa shape index (κ2) is 9.08. The molecule has 0 bridgehead atoms. The van der Waals surface area contributed by atoms with E-state index < -0.39 is 0 Å². The lowest BCUT2D eigenvalue weighted by molar-refractivity contribution is -0.139. The third kappa shape index (κ3) is 6.19. The van der Waals surface area contributed by atoms with Gasteiger partial charge in [0.2, 0.25) is 5.91 Å². The molecule has 112 valence electrons. The van der Waals surface area contributed by atoms with Crippen LogP contribution in [0, 0.1) is 11.8 Å². The third-order valence-corrected chi connectivity index (χ3v) is 3.54. The molecule has 1 fully saturated rings. The summed E-state index contributed by atoms with van der Waals surface area (Å²) in [6.45, 7) is 13.7. The zero-order valence-corrected chi connectivity index (χ0v) is 13.3. The molecule has 1 N–H and O–H groups in total. The zero-order valence-electron chi connectivity index (χ0n) is 13.3. The van der Waals surface area contributed by atoms with Gasteiger partial charge in [0.15, 0.2) is 0 Å². The summed E-state index contributed by atoms with van der Waals surface area (Å²) in [6, 6.07) is -0.111. The largest absolute Gasteiger partial charge is 0.333 e. The number of carbonyl (C=O) groups excluding carboxylic acids is 2.